The Balaban J connectivity index is 0.00000236. The molecule has 2 heterocycles. The van der Waals surface area contributed by atoms with Crippen LogP contribution in [0.5, 0.6) is 0 Å². The summed E-state index contributed by atoms with van der Waals surface area (Å²) < 4.78 is 0. The minimum Gasteiger partial charge on any atom is -0.228 e. The molecule has 0 amide bonds. The van der Waals surface area contributed by atoms with Crippen LogP contribution in [0.4, 0.5) is 0 Å². The summed E-state index contributed by atoms with van der Waals surface area (Å²) in [5.41, 5.74) is 11.6. The molecule has 4 aromatic carbocycles. The average molecular weight is 689 g/mol. The maximum atomic E-state index is 5.17. The van der Waals surface area contributed by atoms with E-state index in [4.69, 9.17) is 19.9 Å². The van der Waals surface area contributed by atoms with E-state index < -0.39 is 0 Å². The zero-order chi connectivity index (χ0) is 37.2. The van der Waals surface area contributed by atoms with E-state index in [1.807, 2.05) is 93.6 Å². The van der Waals surface area contributed by atoms with Crippen LogP contribution in [0.3, 0.4) is 0 Å². The molecule has 0 radical (unpaired) electrons. The van der Waals surface area contributed by atoms with E-state index in [1.165, 1.54) is 5.57 Å². The number of aromatic nitrogens is 4. The van der Waals surface area contributed by atoms with Crippen molar-refractivity contribution < 1.29 is 0 Å². The summed E-state index contributed by atoms with van der Waals surface area (Å²) in [6.07, 6.45) is 20.1. The van der Waals surface area contributed by atoms with Gasteiger partial charge in [0.15, 0.2) is 11.6 Å². The summed E-state index contributed by atoms with van der Waals surface area (Å²) in [5, 5.41) is 1.97. The van der Waals surface area contributed by atoms with Gasteiger partial charge in [0.05, 0.1) is 22.4 Å². The summed E-state index contributed by atoms with van der Waals surface area (Å²) in [6.45, 7) is 18.4. The maximum absolute atomic E-state index is 5.17. The second kappa shape index (κ2) is 17.1. The van der Waals surface area contributed by atoms with Gasteiger partial charge in [0.25, 0.3) is 0 Å². The fourth-order valence-corrected chi connectivity index (χ4v) is 6.40. The molecule has 260 valence electrons. The van der Waals surface area contributed by atoms with Crippen LogP contribution in [0.25, 0.3) is 66.9 Å². The molecular formula is C49H44N4. The number of hydrogen-bond donors (Lipinski definition) is 0. The van der Waals surface area contributed by atoms with Gasteiger partial charge in [-0.05, 0) is 66.3 Å². The van der Waals surface area contributed by atoms with Gasteiger partial charge in [0.1, 0.15) is 0 Å². The van der Waals surface area contributed by atoms with Gasteiger partial charge in [0.2, 0.25) is 0 Å². The lowest BCUT2D eigenvalue weighted by atomic mass is 9.96. The summed E-state index contributed by atoms with van der Waals surface area (Å²) >= 11 is 0. The molecule has 0 saturated heterocycles. The van der Waals surface area contributed by atoms with Gasteiger partial charge in [-0.3, -0.25) is 0 Å². The van der Waals surface area contributed by atoms with E-state index in [-0.39, 0.29) is 0 Å². The molecule has 0 aliphatic heterocycles. The van der Waals surface area contributed by atoms with Crippen molar-refractivity contribution in [3.8, 4) is 33.9 Å². The van der Waals surface area contributed by atoms with Crippen molar-refractivity contribution >= 4 is 33.0 Å². The summed E-state index contributed by atoms with van der Waals surface area (Å²) in [4.78, 5) is 20.2. The molecule has 1 aliphatic carbocycles. The first kappa shape index (κ1) is 36.3. The quantitative estimate of drug-likeness (QED) is 0.134. The molecule has 2 aromatic heterocycles. The van der Waals surface area contributed by atoms with Crippen molar-refractivity contribution in [2.45, 2.75) is 33.6 Å². The largest absolute Gasteiger partial charge is 0.228 e. The number of hydrogen-bond acceptors (Lipinski definition) is 4. The molecule has 0 bridgehead atoms. The Bertz CT molecular complexity index is 2470. The van der Waals surface area contributed by atoms with Gasteiger partial charge in [-0.15, -0.1) is 0 Å². The van der Waals surface area contributed by atoms with Gasteiger partial charge >= 0.3 is 0 Å². The highest BCUT2D eigenvalue weighted by Crippen LogP contribution is 2.34. The second-order valence-electron chi connectivity index (χ2n) is 12.3. The van der Waals surface area contributed by atoms with E-state index in [1.54, 1.807) is 0 Å². The van der Waals surface area contributed by atoms with Crippen molar-refractivity contribution in [2.24, 2.45) is 0 Å². The van der Waals surface area contributed by atoms with Crippen molar-refractivity contribution in [1.82, 2.24) is 19.9 Å². The Morgan fingerprint density at radius 1 is 0.698 bits per heavy atom. The van der Waals surface area contributed by atoms with Crippen molar-refractivity contribution in [3.05, 3.63) is 194 Å². The molecule has 6 aromatic rings. The smallest absolute Gasteiger partial charge is 0.160 e. The predicted octanol–water partition coefficient (Wildman–Crippen LogP) is 13.1. The van der Waals surface area contributed by atoms with Crippen molar-refractivity contribution in [1.29, 1.82) is 0 Å². The Kier molecular flexibility index (Phi) is 11.7. The van der Waals surface area contributed by atoms with Crippen LogP contribution < -0.4 is 0 Å². The first-order chi connectivity index (χ1) is 26.1. The van der Waals surface area contributed by atoms with E-state index >= 15 is 0 Å². The number of para-hydroxylation sites is 2. The van der Waals surface area contributed by atoms with Gasteiger partial charge in [-0.2, -0.15) is 0 Å². The van der Waals surface area contributed by atoms with Crippen LogP contribution in [-0.4, -0.2) is 19.9 Å². The topological polar surface area (TPSA) is 51.6 Å². The van der Waals surface area contributed by atoms with Crippen LogP contribution in [0.2, 0.25) is 0 Å². The average Bonchev–Trinajstić information content (AvgIpc) is 3.23. The minimum absolute atomic E-state index is 0.616. The third-order valence-electron chi connectivity index (χ3n) is 8.97. The van der Waals surface area contributed by atoms with Crippen LogP contribution in [-0.2, 0) is 0 Å². The summed E-state index contributed by atoms with van der Waals surface area (Å²) in [7, 11) is 0. The molecule has 53 heavy (non-hydrogen) atoms. The fraction of sp³-hybridized carbons (Fsp3) is 0.102. The Morgan fingerprint density at radius 3 is 1.98 bits per heavy atom. The molecule has 0 saturated carbocycles. The molecule has 1 aliphatic rings. The molecule has 7 rings (SSSR count). The number of allylic oxidation sites excluding steroid dienone is 13. The van der Waals surface area contributed by atoms with E-state index in [9.17, 15) is 0 Å². The lowest BCUT2D eigenvalue weighted by molar-refractivity contribution is 0.979. The molecule has 0 N–H and O–H groups in total. The van der Waals surface area contributed by atoms with Crippen LogP contribution in [0.15, 0.2) is 183 Å². The number of benzene rings is 4. The maximum Gasteiger partial charge on any atom is 0.160 e. The van der Waals surface area contributed by atoms with Gasteiger partial charge < -0.3 is 0 Å². The zero-order valence-corrected chi connectivity index (χ0v) is 30.8. The van der Waals surface area contributed by atoms with Crippen LogP contribution >= 0.6 is 0 Å². The summed E-state index contributed by atoms with van der Waals surface area (Å²) in [5.74, 6) is 1.29. The lowest BCUT2D eigenvalue weighted by Crippen LogP contribution is -1.99. The highest BCUT2D eigenvalue weighted by Gasteiger charge is 2.16. The third-order valence-corrected chi connectivity index (χ3v) is 8.97. The first-order valence-corrected chi connectivity index (χ1v) is 18.2. The third kappa shape index (κ3) is 8.03. The van der Waals surface area contributed by atoms with Gasteiger partial charge in [-0.1, -0.05) is 161 Å². The molecule has 0 fully saturated rings. The number of rotatable bonds is 10. The van der Waals surface area contributed by atoms with Gasteiger partial charge in [-0.25, -0.2) is 19.9 Å². The molecule has 0 unspecified atom stereocenters. The van der Waals surface area contributed by atoms with E-state index in [0.717, 1.165) is 85.0 Å². The standard InChI is InChI=1S/C47H38N4.C2H6/c1-5-16-35(17-6-2)38-20-15-21-39(31-38)47-49-43-25-14-12-23-41(43)45(51-47)37-28-26-36(27-29-37)44-40-22-11-13-24-42(40)48-46(50-44)33(7-3)30-32(4)34-18-9-8-10-19-34;1-2/h5-9,11-18,20-31H,1,3-4,10,19H2,2H3;1-2H3/b17-6-,33-30+,35-16+;. The molecule has 0 atom stereocenters. The normalized spacial score (nSPS) is 13.1. The van der Waals surface area contributed by atoms with Crippen LogP contribution in [0.1, 0.15) is 45.0 Å². The Labute approximate surface area is 313 Å². The molecule has 4 heteroatoms. The van der Waals surface area contributed by atoms with Gasteiger partial charge in [0, 0.05) is 33.0 Å². The first-order valence-electron chi connectivity index (χ1n) is 18.2. The number of nitrogens with zero attached hydrogens (tertiary/aromatic N) is 4. The Morgan fingerprint density at radius 2 is 1.36 bits per heavy atom. The van der Waals surface area contributed by atoms with E-state index in [0.29, 0.717) is 11.6 Å². The van der Waals surface area contributed by atoms with E-state index in [2.05, 4.69) is 98.6 Å². The number of fused-ring (bicyclic) bond motifs is 2. The highest BCUT2D eigenvalue weighted by molar-refractivity contribution is 5.96. The molecule has 4 nitrogen and oxygen atoms in total. The summed E-state index contributed by atoms with van der Waals surface area (Å²) in [6, 6.07) is 33.1. The minimum atomic E-state index is 0.616. The van der Waals surface area contributed by atoms with Crippen molar-refractivity contribution in [2.75, 3.05) is 0 Å². The zero-order valence-electron chi connectivity index (χ0n) is 30.8. The van der Waals surface area contributed by atoms with Crippen molar-refractivity contribution in [3.63, 3.8) is 0 Å². The fourth-order valence-electron chi connectivity index (χ4n) is 6.40. The monoisotopic (exact) mass is 688 g/mol. The SMILES string of the molecule is C=C/C=C(\C=C/C)c1cccc(-c2nc(-c3ccc(-c4nc(/C(C=C)=C/C(=C)C5=CC=CCC5)nc5ccccc45)cc3)c3ccccc3n2)c1.CC. The van der Waals surface area contributed by atoms with Crippen LogP contribution in [0, 0.1) is 0 Å². The lowest BCUT2D eigenvalue weighted by Gasteiger charge is -2.13. The highest BCUT2D eigenvalue weighted by atomic mass is 14.9. The molecular weight excluding hydrogens is 645 g/mol. The second-order valence-corrected chi connectivity index (χ2v) is 12.3. The molecule has 0 spiro atoms. The Hall–Kier alpha value is -6.52. The predicted molar refractivity (Wildman–Crippen MR) is 227 cm³/mol.